The van der Waals surface area contributed by atoms with Gasteiger partial charge in [-0.15, -0.1) is 0 Å². The molecule has 5 rings (SSSR count). The summed E-state index contributed by atoms with van der Waals surface area (Å²) >= 11 is 0. The molecule has 1 N–H and O–H groups in total. The van der Waals surface area contributed by atoms with Gasteiger partial charge in [0.2, 0.25) is 0 Å². The van der Waals surface area contributed by atoms with Crippen LogP contribution in [0, 0.1) is 19.7 Å². The molecule has 2 aromatic heterocycles. The summed E-state index contributed by atoms with van der Waals surface area (Å²) in [6.45, 7) is 7.54. The summed E-state index contributed by atoms with van der Waals surface area (Å²) in [5, 5.41) is 4.44. The molecule has 1 saturated heterocycles. The number of aryl methyl sites for hydroxylation is 1. The van der Waals surface area contributed by atoms with Crippen LogP contribution >= 0.6 is 0 Å². The van der Waals surface area contributed by atoms with Crippen molar-refractivity contribution in [2.75, 3.05) is 31.6 Å². The highest BCUT2D eigenvalue weighted by Crippen LogP contribution is 2.32. The Kier molecular flexibility index (Phi) is 6.51. The minimum atomic E-state index is -0.268. The second-order valence-corrected chi connectivity index (χ2v) is 8.92. The zero-order valence-electron chi connectivity index (χ0n) is 20.1. The summed E-state index contributed by atoms with van der Waals surface area (Å²) in [5.41, 5.74) is 5.75. The van der Waals surface area contributed by atoms with Gasteiger partial charge in [-0.1, -0.05) is 42.5 Å². The normalized spacial score (nSPS) is 13.9. The Hall–Kier alpha value is -3.71. The van der Waals surface area contributed by atoms with Gasteiger partial charge in [-0.05, 0) is 48.7 Å². The van der Waals surface area contributed by atoms with Crippen LogP contribution in [-0.2, 0) is 17.8 Å². The number of fused-ring (bicyclic) bond motifs is 1. The lowest BCUT2D eigenvalue weighted by molar-refractivity contribution is 0.0299. The molecule has 0 spiro atoms. The van der Waals surface area contributed by atoms with E-state index in [4.69, 9.17) is 9.72 Å². The van der Waals surface area contributed by atoms with Crippen molar-refractivity contribution < 1.29 is 13.9 Å². The monoisotopic (exact) mass is 472 g/mol. The number of morpholine rings is 1. The van der Waals surface area contributed by atoms with Crippen molar-refractivity contribution in [1.82, 2.24) is 14.5 Å². The predicted octanol–water partition coefficient (Wildman–Crippen LogP) is 4.93. The molecule has 0 atom stereocenters. The first-order chi connectivity index (χ1) is 17.0. The Morgan fingerprint density at radius 3 is 2.46 bits per heavy atom. The molecule has 1 fully saturated rings. The van der Waals surface area contributed by atoms with Crippen LogP contribution in [0.4, 0.5) is 10.2 Å². The number of amides is 1. The van der Waals surface area contributed by atoms with Gasteiger partial charge in [0.25, 0.3) is 5.91 Å². The molecular formula is C28H29FN4O2. The summed E-state index contributed by atoms with van der Waals surface area (Å²) in [5.74, 6) is 0.291. The number of benzene rings is 2. The summed E-state index contributed by atoms with van der Waals surface area (Å²) in [7, 11) is 0. The third-order valence-electron chi connectivity index (χ3n) is 6.69. The standard InChI is InChI=1S/C28H29FN4O2/c1-19-20(2)33(18-22-6-4-3-5-7-22)26-24(19)16-25(28(34)32-12-14-35-15-13-32)31-27(26)30-17-21-8-10-23(29)11-9-21/h3-11,16H,12-15,17-18H2,1-2H3,(H,30,31). The van der Waals surface area contributed by atoms with E-state index in [9.17, 15) is 9.18 Å². The Bertz CT molecular complexity index is 1340. The van der Waals surface area contributed by atoms with Gasteiger partial charge in [0.05, 0.1) is 18.7 Å². The van der Waals surface area contributed by atoms with Crippen LogP contribution in [0.15, 0.2) is 60.7 Å². The van der Waals surface area contributed by atoms with Crippen LogP contribution in [0.5, 0.6) is 0 Å². The highest BCUT2D eigenvalue weighted by Gasteiger charge is 2.24. The molecular weight excluding hydrogens is 443 g/mol. The number of ether oxygens (including phenoxy) is 1. The van der Waals surface area contributed by atoms with Gasteiger partial charge >= 0.3 is 0 Å². The van der Waals surface area contributed by atoms with E-state index in [2.05, 4.69) is 35.9 Å². The van der Waals surface area contributed by atoms with Crippen molar-refractivity contribution in [3.8, 4) is 0 Å². The number of hydrogen-bond acceptors (Lipinski definition) is 4. The first kappa shape index (κ1) is 23.1. The maximum atomic E-state index is 13.4. The molecule has 4 aromatic rings. The Balaban J connectivity index is 1.59. The van der Waals surface area contributed by atoms with Gasteiger partial charge < -0.3 is 19.5 Å². The number of rotatable bonds is 6. The van der Waals surface area contributed by atoms with Crippen molar-refractivity contribution in [1.29, 1.82) is 0 Å². The Morgan fingerprint density at radius 1 is 1.03 bits per heavy atom. The van der Waals surface area contributed by atoms with E-state index in [1.165, 1.54) is 17.7 Å². The third kappa shape index (κ3) is 4.77. The molecule has 180 valence electrons. The lowest BCUT2D eigenvalue weighted by Gasteiger charge is -2.26. The number of pyridine rings is 1. The topological polar surface area (TPSA) is 59.4 Å². The van der Waals surface area contributed by atoms with Crippen LogP contribution in [-0.4, -0.2) is 46.7 Å². The lowest BCUT2D eigenvalue weighted by atomic mass is 10.1. The number of anilines is 1. The SMILES string of the molecule is Cc1c(C)n(Cc2ccccc2)c2c(NCc3ccc(F)cc3)nc(C(=O)N3CCOCC3)cc12. The summed E-state index contributed by atoms with van der Waals surface area (Å²) in [6.07, 6.45) is 0. The summed E-state index contributed by atoms with van der Waals surface area (Å²) in [4.78, 5) is 20.0. The number of hydrogen-bond donors (Lipinski definition) is 1. The average molecular weight is 473 g/mol. The van der Waals surface area contributed by atoms with Crippen LogP contribution in [0.25, 0.3) is 10.9 Å². The fourth-order valence-corrected chi connectivity index (χ4v) is 4.58. The van der Waals surface area contributed by atoms with Gasteiger partial charge in [-0.3, -0.25) is 4.79 Å². The minimum absolute atomic E-state index is 0.0899. The number of aromatic nitrogens is 2. The van der Waals surface area contributed by atoms with Gasteiger partial charge in [-0.25, -0.2) is 9.37 Å². The van der Waals surface area contributed by atoms with Crippen molar-refractivity contribution in [2.45, 2.75) is 26.9 Å². The summed E-state index contributed by atoms with van der Waals surface area (Å²) in [6, 6.07) is 18.6. The number of nitrogens with one attached hydrogen (secondary N) is 1. The van der Waals surface area contributed by atoms with Crippen molar-refractivity contribution >= 4 is 22.6 Å². The smallest absolute Gasteiger partial charge is 0.272 e. The molecule has 0 bridgehead atoms. The number of carbonyl (C=O) groups is 1. The Labute approximate surface area is 204 Å². The molecule has 2 aromatic carbocycles. The quantitative estimate of drug-likeness (QED) is 0.433. The largest absolute Gasteiger partial charge is 0.378 e. The van der Waals surface area contributed by atoms with Crippen LogP contribution in [0.1, 0.15) is 32.9 Å². The van der Waals surface area contributed by atoms with Crippen molar-refractivity contribution in [3.63, 3.8) is 0 Å². The highest BCUT2D eigenvalue weighted by atomic mass is 19.1. The highest BCUT2D eigenvalue weighted by molar-refractivity contribution is 6.01. The number of halogens is 1. The molecule has 0 unspecified atom stereocenters. The van der Waals surface area contributed by atoms with Crippen LogP contribution < -0.4 is 5.32 Å². The van der Waals surface area contributed by atoms with Gasteiger partial charge in [0, 0.05) is 37.3 Å². The summed E-state index contributed by atoms with van der Waals surface area (Å²) < 4.78 is 21.1. The molecule has 0 radical (unpaired) electrons. The van der Waals surface area contributed by atoms with E-state index >= 15 is 0 Å². The first-order valence-corrected chi connectivity index (χ1v) is 11.9. The zero-order chi connectivity index (χ0) is 24.4. The fourth-order valence-electron chi connectivity index (χ4n) is 4.58. The van der Waals surface area contributed by atoms with Crippen molar-refractivity contribution in [2.24, 2.45) is 0 Å². The molecule has 7 heteroatoms. The lowest BCUT2D eigenvalue weighted by Crippen LogP contribution is -2.41. The molecule has 3 heterocycles. The maximum Gasteiger partial charge on any atom is 0.272 e. The fraction of sp³-hybridized carbons (Fsp3) is 0.286. The minimum Gasteiger partial charge on any atom is -0.378 e. The van der Waals surface area contributed by atoms with E-state index in [1.807, 2.05) is 24.3 Å². The second-order valence-electron chi connectivity index (χ2n) is 8.92. The molecule has 0 aliphatic carbocycles. The second kappa shape index (κ2) is 9.88. The molecule has 1 aliphatic heterocycles. The molecule has 35 heavy (non-hydrogen) atoms. The Morgan fingerprint density at radius 2 is 1.74 bits per heavy atom. The number of carbonyl (C=O) groups excluding carboxylic acids is 1. The number of nitrogens with zero attached hydrogens (tertiary/aromatic N) is 3. The molecule has 6 nitrogen and oxygen atoms in total. The van der Waals surface area contributed by atoms with E-state index in [0.717, 1.165) is 27.7 Å². The van der Waals surface area contributed by atoms with E-state index in [1.54, 1.807) is 17.0 Å². The first-order valence-electron chi connectivity index (χ1n) is 11.9. The van der Waals surface area contributed by atoms with E-state index in [0.29, 0.717) is 50.9 Å². The van der Waals surface area contributed by atoms with Gasteiger partial charge in [-0.2, -0.15) is 0 Å². The average Bonchev–Trinajstić information content (AvgIpc) is 3.13. The third-order valence-corrected chi connectivity index (χ3v) is 6.69. The molecule has 1 amide bonds. The zero-order valence-corrected chi connectivity index (χ0v) is 20.1. The van der Waals surface area contributed by atoms with Gasteiger partial charge in [0.15, 0.2) is 5.82 Å². The van der Waals surface area contributed by atoms with E-state index in [-0.39, 0.29) is 11.7 Å². The predicted molar refractivity (Wildman–Crippen MR) is 135 cm³/mol. The molecule has 0 saturated carbocycles. The molecule has 1 aliphatic rings. The van der Waals surface area contributed by atoms with Gasteiger partial charge in [0.1, 0.15) is 11.5 Å². The van der Waals surface area contributed by atoms with Crippen molar-refractivity contribution in [3.05, 3.63) is 94.6 Å². The van der Waals surface area contributed by atoms with E-state index < -0.39 is 0 Å². The maximum absolute atomic E-state index is 13.4. The van der Waals surface area contributed by atoms with Crippen LogP contribution in [0.3, 0.4) is 0 Å². The van der Waals surface area contributed by atoms with Crippen LogP contribution in [0.2, 0.25) is 0 Å².